The Bertz CT molecular complexity index is 651. The fourth-order valence-electron chi connectivity index (χ4n) is 2.37. The van der Waals surface area contributed by atoms with E-state index in [9.17, 15) is 10.4 Å². The second-order valence-electron chi connectivity index (χ2n) is 5.27. The van der Waals surface area contributed by atoms with Crippen molar-refractivity contribution < 1.29 is 5.11 Å². The highest BCUT2D eigenvalue weighted by Gasteiger charge is 2.25. The van der Waals surface area contributed by atoms with Crippen LogP contribution in [0.25, 0.3) is 10.9 Å². The van der Waals surface area contributed by atoms with Crippen LogP contribution in [0.2, 0.25) is 0 Å². The van der Waals surface area contributed by atoms with Crippen molar-refractivity contribution in [2.24, 2.45) is 5.41 Å². The number of benzene rings is 1. The molecule has 0 bridgehead atoms. The number of anilines is 1. The van der Waals surface area contributed by atoms with E-state index in [1.54, 1.807) is 0 Å². The number of fused-ring (bicyclic) bond motifs is 1. The molecule has 0 spiro atoms. The first-order chi connectivity index (χ1) is 10.2. The summed E-state index contributed by atoms with van der Waals surface area (Å²) in [6, 6.07) is 9.67. The van der Waals surface area contributed by atoms with Gasteiger partial charge in [-0.3, -0.25) is 0 Å². The van der Waals surface area contributed by atoms with E-state index in [0.29, 0.717) is 12.2 Å². The molecule has 0 atom stereocenters. The molecule has 5 heteroatoms. The molecule has 110 valence electrons. The zero-order valence-corrected chi connectivity index (χ0v) is 12.4. The molecule has 21 heavy (non-hydrogen) atoms. The molecular formula is C16H20N4O. The molecule has 0 aliphatic rings. The Hall–Kier alpha value is -2.19. The number of nitrogens with zero attached hydrogens (tertiary/aromatic N) is 3. The van der Waals surface area contributed by atoms with Gasteiger partial charge >= 0.3 is 0 Å². The van der Waals surface area contributed by atoms with Crippen molar-refractivity contribution >= 4 is 16.6 Å². The molecule has 0 saturated carbocycles. The predicted octanol–water partition coefficient (Wildman–Crippen LogP) is 2.71. The molecule has 2 N–H and O–H groups in total. The van der Waals surface area contributed by atoms with Crippen LogP contribution in [0.1, 0.15) is 32.4 Å². The van der Waals surface area contributed by atoms with Crippen molar-refractivity contribution in [1.29, 1.82) is 5.26 Å². The number of nitrogens with one attached hydrogen (secondary N) is 1. The smallest absolute Gasteiger partial charge is 0.186 e. The van der Waals surface area contributed by atoms with Crippen LogP contribution in [-0.2, 0) is 0 Å². The lowest BCUT2D eigenvalue weighted by atomic mass is 9.83. The van der Waals surface area contributed by atoms with Gasteiger partial charge in [0.15, 0.2) is 5.69 Å². The van der Waals surface area contributed by atoms with Crippen LogP contribution < -0.4 is 5.32 Å². The Morgan fingerprint density at radius 2 is 1.95 bits per heavy atom. The van der Waals surface area contributed by atoms with E-state index in [0.717, 1.165) is 23.7 Å². The fourth-order valence-corrected chi connectivity index (χ4v) is 2.37. The average Bonchev–Trinajstić information content (AvgIpc) is 2.56. The van der Waals surface area contributed by atoms with Gasteiger partial charge in [0, 0.05) is 17.3 Å². The van der Waals surface area contributed by atoms with E-state index in [2.05, 4.69) is 35.4 Å². The van der Waals surface area contributed by atoms with Gasteiger partial charge in [0.2, 0.25) is 0 Å². The highest BCUT2D eigenvalue weighted by Crippen LogP contribution is 2.29. The highest BCUT2D eigenvalue weighted by molar-refractivity contribution is 5.92. The minimum absolute atomic E-state index is 0.116. The monoisotopic (exact) mass is 284 g/mol. The van der Waals surface area contributed by atoms with Gasteiger partial charge in [-0.05, 0) is 18.9 Å². The summed E-state index contributed by atoms with van der Waals surface area (Å²) in [5, 5.41) is 31.1. The number of nitriles is 1. The fraction of sp³-hybridized carbons (Fsp3) is 0.438. The third kappa shape index (κ3) is 2.96. The maximum atomic E-state index is 9.66. The van der Waals surface area contributed by atoms with Crippen molar-refractivity contribution in [1.82, 2.24) is 10.2 Å². The number of aliphatic hydroxyl groups is 1. The Kier molecular flexibility index (Phi) is 4.71. The topological polar surface area (TPSA) is 81.8 Å². The molecule has 5 nitrogen and oxygen atoms in total. The molecule has 0 amide bonds. The van der Waals surface area contributed by atoms with E-state index in [1.165, 1.54) is 0 Å². The number of rotatable bonds is 6. The number of aromatic nitrogens is 2. The van der Waals surface area contributed by atoms with Gasteiger partial charge < -0.3 is 10.4 Å². The van der Waals surface area contributed by atoms with Crippen LogP contribution in [0.15, 0.2) is 24.3 Å². The molecule has 1 aromatic carbocycles. The molecule has 1 aromatic heterocycles. The third-order valence-electron chi connectivity index (χ3n) is 4.25. The molecule has 0 aliphatic carbocycles. The summed E-state index contributed by atoms with van der Waals surface area (Å²) in [7, 11) is 0. The van der Waals surface area contributed by atoms with Crippen molar-refractivity contribution in [3.63, 3.8) is 0 Å². The van der Waals surface area contributed by atoms with Gasteiger partial charge in [0.25, 0.3) is 0 Å². The van der Waals surface area contributed by atoms with E-state index >= 15 is 0 Å². The Labute approximate surface area is 124 Å². The lowest BCUT2D eigenvalue weighted by Gasteiger charge is -2.30. The first kappa shape index (κ1) is 15.2. The summed E-state index contributed by atoms with van der Waals surface area (Å²) in [5.74, 6) is 0. The third-order valence-corrected chi connectivity index (χ3v) is 4.25. The average molecular weight is 284 g/mol. The zero-order valence-electron chi connectivity index (χ0n) is 12.4. The van der Waals surface area contributed by atoms with E-state index in [1.807, 2.05) is 24.3 Å². The number of aliphatic hydroxyl groups excluding tert-OH is 1. The summed E-state index contributed by atoms with van der Waals surface area (Å²) in [5.41, 5.74) is 1.55. The van der Waals surface area contributed by atoms with Gasteiger partial charge in [-0.2, -0.15) is 5.26 Å². The maximum absolute atomic E-state index is 9.66. The standard InChI is InChI=1S/C16H20N4O/c1-3-16(4-2,11-21)10-18-15-12-7-5-6-8-13(12)19-20-14(15)9-17/h5-8,21H,3-4,10-11H2,1-2H3,(H,18,19). The van der Waals surface area contributed by atoms with Gasteiger partial charge in [0.05, 0.1) is 17.8 Å². The zero-order chi connectivity index (χ0) is 15.3. The van der Waals surface area contributed by atoms with Crippen molar-refractivity contribution in [3.8, 4) is 6.07 Å². The summed E-state index contributed by atoms with van der Waals surface area (Å²) >= 11 is 0. The molecular weight excluding hydrogens is 264 g/mol. The van der Waals surface area contributed by atoms with Crippen molar-refractivity contribution in [2.45, 2.75) is 26.7 Å². The lowest BCUT2D eigenvalue weighted by Crippen LogP contribution is -2.32. The van der Waals surface area contributed by atoms with Gasteiger partial charge in [-0.25, -0.2) is 0 Å². The van der Waals surface area contributed by atoms with E-state index in [4.69, 9.17) is 0 Å². The molecule has 1 heterocycles. The quantitative estimate of drug-likeness (QED) is 0.852. The second kappa shape index (κ2) is 6.51. The first-order valence-electron chi connectivity index (χ1n) is 7.20. The Morgan fingerprint density at radius 1 is 1.24 bits per heavy atom. The number of hydrogen-bond donors (Lipinski definition) is 2. The second-order valence-corrected chi connectivity index (χ2v) is 5.27. The van der Waals surface area contributed by atoms with E-state index < -0.39 is 0 Å². The molecule has 2 rings (SSSR count). The number of hydrogen-bond acceptors (Lipinski definition) is 5. The van der Waals surface area contributed by atoms with Crippen LogP contribution in [0.3, 0.4) is 0 Å². The largest absolute Gasteiger partial charge is 0.396 e. The molecule has 2 aromatic rings. The van der Waals surface area contributed by atoms with Crippen molar-refractivity contribution in [3.05, 3.63) is 30.0 Å². The minimum atomic E-state index is -0.183. The Balaban J connectivity index is 2.39. The first-order valence-corrected chi connectivity index (χ1v) is 7.20. The molecule has 0 fully saturated rings. The summed E-state index contributed by atoms with van der Waals surface area (Å²) in [4.78, 5) is 0. The SMILES string of the molecule is CCC(CC)(CO)CNc1c(C#N)nnc2ccccc12. The van der Waals surface area contributed by atoms with Gasteiger partial charge in [0.1, 0.15) is 6.07 Å². The van der Waals surface area contributed by atoms with Crippen LogP contribution >= 0.6 is 0 Å². The molecule has 0 aliphatic heterocycles. The highest BCUT2D eigenvalue weighted by atomic mass is 16.3. The maximum Gasteiger partial charge on any atom is 0.186 e. The van der Waals surface area contributed by atoms with Crippen molar-refractivity contribution in [2.75, 3.05) is 18.5 Å². The Morgan fingerprint density at radius 3 is 2.57 bits per heavy atom. The normalized spacial score (nSPS) is 11.3. The summed E-state index contributed by atoms with van der Waals surface area (Å²) in [6.45, 7) is 4.84. The van der Waals surface area contributed by atoms with Crippen LogP contribution in [0, 0.1) is 16.7 Å². The summed E-state index contributed by atoms with van der Waals surface area (Å²) in [6.07, 6.45) is 1.73. The van der Waals surface area contributed by atoms with Gasteiger partial charge in [-0.1, -0.05) is 32.0 Å². The van der Waals surface area contributed by atoms with Crippen LogP contribution in [-0.4, -0.2) is 28.5 Å². The minimum Gasteiger partial charge on any atom is -0.396 e. The van der Waals surface area contributed by atoms with Crippen LogP contribution in [0.4, 0.5) is 5.69 Å². The molecule has 0 radical (unpaired) electrons. The van der Waals surface area contributed by atoms with E-state index in [-0.39, 0.29) is 17.7 Å². The van der Waals surface area contributed by atoms with Crippen LogP contribution in [0.5, 0.6) is 0 Å². The molecule has 0 saturated heterocycles. The lowest BCUT2D eigenvalue weighted by molar-refractivity contribution is 0.127. The summed E-state index contributed by atoms with van der Waals surface area (Å²) < 4.78 is 0. The predicted molar refractivity (Wildman–Crippen MR) is 82.8 cm³/mol. The molecule has 0 unspecified atom stereocenters. The van der Waals surface area contributed by atoms with Gasteiger partial charge in [-0.15, -0.1) is 10.2 Å².